The molecule has 0 bridgehead atoms. The van der Waals surface area contributed by atoms with Crippen LogP contribution < -0.4 is 14.7 Å². The summed E-state index contributed by atoms with van der Waals surface area (Å²) >= 11 is 0. The molecular weight excluding hydrogens is 508 g/mol. The van der Waals surface area contributed by atoms with Crippen molar-refractivity contribution in [3.05, 3.63) is 48.3 Å². The van der Waals surface area contributed by atoms with Gasteiger partial charge in [0.05, 0.1) is 11.3 Å². The third-order valence-electron chi connectivity index (χ3n) is 6.83. The van der Waals surface area contributed by atoms with E-state index >= 15 is 0 Å². The molecule has 0 spiro atoms. The normalized spacial score (nSPS) is 15.5. The first-order valence-corrected chi connectivity index (χ1v) is 13.6. The van der Waals surface area contributed by atoms with Gasteiger partial charge < -0.3 is 9.30 Å². The van der Waals surface area contributed by atoms with Gasteiger partial charge in [0.25, 0.3) is 0 Å². The summed E-state index contributed by atoms with van der Waals surface area (Å²) in [6.07, 6.45) is 3.28. The van der Waals surface area contributed by atoms with Crippen molar-refractivity contribution in [2.45, 2.75) is 59.1 Å². The van der Waals surface area contributed by atoms with Gasteiger partial charge in [0.1, 0.15) is 29.5 Å². The van der Waals surface area contributed by atoms with E-state index in [-0.39, 0.29) is 12.1 Å². The predicted octanol–water partition coefficient (Wildman–Crippen LogP) is 5.39. The van der Waals surface area contributed by atoms with Crippen LogP contribution in [0.2, 0.25) is 0 Å². The molecule has 1 saturated heterocycles. The molecule has 11 nitrogen and oxygen atoms in total. The van der Waals surface area contributed by atoms with E-state index < -0.39 is 11.7 Å². The smallest absolute Gasteiger partial charge is 0.414 e. The molecule has 1 aliphatic carbocycles. The number of amides is 3. The van der Waals surface area contributed by atoms with Gasteiger partial charge in [0.15, 0.2) is 5.82 Å². The summed E-state index contributed by atoms with van der Waals surface area (Å²) in [6.45, 7) is 10.9. The summed E-state index contributed by atoms with van der Waals surface area (Å²) in [6, 6.07) is 12.8. The Kier molecular flexibility index (Phi) is 7.19. The van der Waals surface area contributed by atoms with Crippen LogP contribution in [-0.4, -0.2) is 57.1 Å². The van der Waals surface area contributed by atoms with Crippen LogP contribution in [0.1, 0.15) is 59.1 Å². The molecular formula is C29H34N8O3. The van der Waals surface area contributed by atoms with Crippen LogP contribution in [0.25, 0.3) is 11.5 Å². The average molecular weight is 543 g/mol. The van der Waals surface area contributed by atoms with Crippen molar-refractivity contribution in [3.63, 3.8) is 0 Å². The molecule has 1 aliphatic heterocycles. The standard InChI is InChI=1S/C29H34N8O3/c1-19(2)37-18-31-33-26(37)23-7-6-8-25(32-23)35-14-13-34(27(35)38)22-11-12-24(21(15-22)16-30)36(17-20-9-10-20)28(39)40-29(3,4)5/h6-8,11-12,15,18-20H,9-10,13-14,17H2,1-5H3. The van der Waals surface area contributed by atoms with Crippen LogP contribution in [0, 0.1) is 17.2 Å². The molecule has 208 valence electrons. The zero-order valence-electron chi connectivity index (χ0n) is 23.5. The Morgan fingerprint density at radius 1 is 1.18 bits per heavy atom. The lowest BCUT2D eigenvalue weighted by Gasteiger charge is -2.28. The van der Waals surface area contributed by atoms with Gasteiger partial charge in [-0.15, -0.1) is 10.2 Å². The lowest BCUT2D eigenvalue weighted by atomic mass is 10.1. The number of hydrogen-bond donors (Lipinski definition) is 0. The molecule has 11 heteroatoms. The first-order valence-electron chi connectivity index (χ1n) is 13.6. The highest BCUT2D eigenvalue weighted by atomic mass is 16.6. The number of carbonyl (C=O) groups is 2. The maximum atomic E-state index is 13.5. The number of nitriles is 1. The Morgan fingerprint density at radius 3 is 2.60 bits per heavy atom. The Hall–Kier alpha value is -4.46. The number of anilines is 3. The van der Waals surface area contributed by atoms with E-state index in [1.54, 1.807) is 45.3 Å². The summed E-state index contributed by atoms with van der Waals surface area (Å²) in [4.78, 5) is 36.1. The summed E-state index contributed by atoms with van der Waals surface area (Å²) in [5.74, 6) is 1.54. The van der Waals surface area contributed by atoms with E-state index in [0.29, 0.717) is 59.8 Å². The number of benzene rings is 1. The van der Waals surface area contributed by atoms with E-state index in [4.69, 9.17) is 9.72 Å². The van der Waals surface area contributed by atoms with Crippen LogP contribution >= 0.6 is 0 Å². The van der Waals surface area contributed by atoms with Crippen LogP contribution in [0.5, 0.6) is 0 Å². The molecule has 3 amide bonds. The number of aromatic nitrogens is 4. The molecule has 1 aromatic carbocycles. The van der Waals surface area contributed by atoms with Crippen molar-refractivity contribution in [1.82, 2.24) is 19.7 Å². The summed E-state index contributed by atoms with van der Waals surface area (Å²) in [7, 11) is 0. The minimum absolute atomic E-state index is 0.159. The maximum absolute atomic E-state index is 13.5. The third kappa shape index (κ3) is 5.61. The van der Waals surface area contributed by atoms with Crippen molar-refractivity contribution in [3.8, 4) is 17.6 Å². The fourth-order valence-electron chi connectivity index (χ4n) is 4.65. The van der Waals surface area contributed by atoms with Crippen molar-refractivity contribution in [2.75, 3.05) is 34.3 Å². The second kappa shape index (κ2) is 10.6. The topological polar surface area (TPSA) is 120 Å². The number of rotatable bonds is 7. The van der Waals surface area contributed by atoms with Gasteiger partial charge in [0.2, 0.25) is 0 Å². The highest BCUT2D eigenvalue weighted by Crippen LogP contribution is 2.35. The Labute approximate surface area is 234 Å². The molecule has 40 heavy (non-hydrogen) atoms. The van der Waals surface area contributed by atoms with Crippen LogP contribution in [-0.2, 0) is 4.74 Å². The monoisotopic (exact) mass is 542 g/mol. The van der Waals surface area contributed by atoms with Crippen molar-refractivity contribution in [2.24, 2.45) is 5.92 Å². The molecule has 0 unspecified atom stereocenters. The number of hydrogen-bond acceptors (Lipinski definition) is 7. The number of urea groups is 1. The van der Waals surface area contributed by atoms with Gasteiger partial charge in [-0.1, -0.05) is 6.07 Å². The summed E-state index contributed by atoms with van der Waals surface area (Å²) in [5, 5.41) is 18.3. The first kappa shape index (κ1) is 27.1. The Morgan fingerprint density at radius 2 is 1.93 bits per heavy atom. The lowest BCUT2D eigenvalue weighted by Crippen LogP contribution is -2.38. The highest BCUT2D eigenvalue weighted by molar-refractivity contribution is 6.06. The number of pyridine rings is 1. The van der Waals surface area contributed by atoms with E-state index in [2.05, 4.69) is 16.3 Å². The Bertz CT molecular complexity index is 1460. The van der Waals surface area contributed by atoms with Crippen molar-refractivity contribution < 1.29 is 14.3 Å². The first-order chi connectivity index (χ1) is 19.1. The average Bonchev–Trinajstić information content (AvgIpc) is 3.44. The number of carbonyl (C=O) groups excluding carboxylic acids is 2. The third-order valence-corrected chi connectivity index (χ3v) is 6.83. The fourth-order valence-corrected chi connectivity index (χ4v) is 4.65. The highest BCUT2D eigenvalue weighted by Gasteiger charge is 2.34. The minimum Gasteiger partial charge on any atom is -0.443 e. The number of nitrogens with zero attached hydrogens (tertiary/aromatic N) is 8. The molecule has 0 radical (unpaired) electrons. The van der Waals surface area contributed by atoms with Crippen molar-refractivity contribution >= 4 is 29.3 Å². The minimum atomic E-state index is -0.660. The second-order valence-electron chi connectivity index (χ2n) is 11.5. The van der Waals surface area contributed by atoms with Gasteiger partial charge in [-0.25, -0.2) is 14.6 Å². The van der Waals surface area contributed by atoms with Gasteiger partial charge in [0, 0.05) is 31.4 Å². The van der Waals surface area contributed by atoms with Crippen LogP contribution in [0.4, 0.5) is 26.8 Å². The number of ether oxygens (including phenoxy) is 1. The van der Waals surface area contributed by atoms with Gasteiger partial charge in [-0.05, 0) is 83.7 Å². The molecule has 1 saturated carbocycles. The van der Waals surface area contributed by atoms with Crippen LogP contribution in [0.15, 0.2) is 42.7 Å². The maximum Gasteiger partial charge on any atom is 0.414 e. The zero-order valence-corrected chi connectivity index (χ0v) is 23.5. The zero-order chi connectivity index (χ0) is 28.6. The molecule has 0 N–H and O–H groups in total. The van der Waals surface area contributed by atoms with E-state index in [1.807, 2.05) is 51.3 Å². The van der Waals surface area contributed by atoms with E-state index in [9.17, 15) is 14.9 Å². The quantitative estimate of drug-likeness (QED) is 0.392. The Balaban J connectivity index is 1.39. The lowest BCUT2D eigenvalue weighted by molar-refractivity contribution is 0.0578. The van der Waals surface area contributed by atoms with Gasteiger partial charge in [-0.2, -0.15) is 5.26 Å². The SMILES string of the molecule is CC(C)n1cnnc1-c1cccc(N2CCN(c3ccc(N(CC4CC4)C(=O)OC(C)(C)C)c(C#N)c3)C2=O)n1. The van der Waals surface area contributed by atoms with E-state index in [1.165, 1.54) is 0 Å². The largest absolute Gasteiger partial charge is 0.443 e. The van der Waals surface area contributed by atoms with Gasteiger partial charge >= 0.3 is 12.1 Å². The second-order valence-corrected chi connectivity index (χ2v) is 11.5. The molecule has 2 aromatic heterocycles. The molecule has 2 fully saturated rings. The fraction of sp³-hybridized carbons (Fsp3) is 0.448. The molecule has 2 aliphatic rings. The molecule has 5 rings (SSSR count). The van der Waals surface area contributed by atoms with Gasteiger partial charge in [-0.3, -0.25) is 14.7 Å². The summed E-state index contributed by atoms with van der Waals surface area (Å²) in [5.41, 5.74) is 1.35. The predicted molar refractivity (Wildman–Crippen MR) is 151 cm³/mol. The molecule has 0 atom stereocenters. The summed E-state index contributed by atoms with van der Waals surface area (Å²) < 4.78 is 7.57. The van der Waals surface area contributed by atoms with Crippen molar-refractivity contribution in [1.29, 1.82) is 5.26 Å². The van der Waals surface area contributed by atoms with E-state index in [0.717, 1.165) is 12.8 Å². The molecule has 3 heterocycles. The molecule has 3 aromatic rings. The van der Waals surface area contributed by atoms with Crippen LogP contribution in [0.3, 0.4) is 0 Å².